The van der Waals surface area contributed by atoms with E-state index in [1.54, 1.807) is 7.11 Å². The van der Waals surface area contributed by atoms with Gasteiger partial charge in [0.25, 0.3) is 0 Å². The molecule has 0 aliphatic carbocycles. The van der Waals surface area contributed by atoms with Gasteiger partial charge in [0, 0.05) is 26.2 Å². The second kappa shape index (κ2) is 6.58. The summed E-state index contributed by atoms with van der Waals surface area (Å²) in [6, 6.07) is 8.81. The van der Waals surface area contributed by atoms with Crippen LogP contribution in [0.1, 0.15) is 25.8 Å². The fraction of sp³-hybridized carbons (Fsp3) is 0.588. The third-order valence-corrected chi connectivity index (χ3v) is 4.48. The van der Waals surface area contributed by atoms with Gasteiger partial charge in [-0.3, -0.25) is 0 Å². The highest BCUT2D eigenvalue weighted by atomic mass is 16.5. The molecule has 1 aromatic carbocycles. The molecule has 2 heterocycles. The molecule has 0 amide bonds. The lowest BCUT2D eigenvalue weighted by atomic mass is 9.98. The van der Waals surface area contributed by atoms with Crippen molar-refractivity contribution in [2.45, 2.75) is 25.8 Å². The average molecular weight is 287 g/mol. The van der Waals surface area contributed by atoms with Gasteiger partial charge in [-0.2, -0.15) is 0 Å². The number of imidazole rings is 1. The predicted octanol–water partition coefficient (Wildman–Crippen LogP) is 2.96. The molecule has 114 valence electrons. The van der Waals surface area contributed by atoms with Crippen LogP contribution >= 0.6 is 0 Å². The minimum Gasteiger partial charge on any atom is -0.384 e. The van der Waals surface area contributed by atoms with Gasteiger partial charge < -0.3 is 14.2 Å². The summed E-state index contributed by atoms with van der Waals surface area (Å²) in [5.74, 6) is 0.690. The molecule has 0 spiro atoms. The number of rotatable bonds is 5. The van der Waals surface area contributed by atoms with Gasteiger partial charge >= 0.3 is 0 Å². The van der Waals surface area contributed by atoms with Crippen molar-refractivity contribution in [1.82, 2.24) is 14.5 Å². The number of nitrogens with zero attached hydrogens (tertiary/aromatic N) is 3. The van der Waals surface area contributed by atoms with Crippen LogP contribution in [0.4, 0.5) is 0 Å². The third-order valence-electron chi connectivity index (χ3n) is 4.48. The van der Waals surface area contributed by atoms with E-state index in [2.05, 4.69) is 39.6 Å². The summed E-state index contributed by atoms with van der Waals surface area (Å²) in [4.78, 5) is 7.08. The van der Waals surface area contributed by atoms with Crippen LogP contribution in [0.3, 0.4) is 0 Å². The van der Waals surface area contributed by atoms with Gasteiger partial charge in [-0.15, -0.1) is 0 Å². The van der Waals surface area contributed by atoms with E-state index in [-0.39, 0.29) is 0 Å². The van der Waals surface area contributed by atoms with Crippen molar-refractivity contribution < 1.29 is 4.74 Å². The van der Waals surface area contributed by atoms with E-state index in [9.17, 15) is 0 Å². The normalized spacial score (nSPS) is 21.7. The lowest BCUT2D eigenvalue weighted by Crippen LogP contribution is -2.39. The zero-order valence-corrected chi connectivity index (χ0v) is 13.0. The SMILES string of the molecule is COC[C@@H]1CCCN(C[C@@H](C)n2cnc3ccccc32)C1. The van der Waals surface area contributed by atoms with Crippen molar-refractivity contribution >= 4 is 11.0 Å². The number of hydrogen-bond acceptors (Lipinski definition) is 3. The smallest absolute Gasteiger partial charge is 0.0961 e. The van der Waals surface area contributed by atoms with Crippen LogP contribution in [-0.4, -0.2) is 47.8 Å². The van der Waals surface area contributed by atoms with Crippen molar-refractivity contribution in [3.05, 3.63) is 30.6 Å². The molecule has 1 saturated heterocycles. The molecule has 0 radical (unpaired) electrons. The summed E-state index contributed by atoms with van der Waals surface area (Å²) < 4.78 is 7.62. The molecule has 0 unspecified atom stereocenters. The van der Waals surface area contributed by atoms with Crippen LogP contribution in [0.2, 0.25) is 0 Å². The maximum absolute atomic E-state index is 5.32. The molecular weight excluding hydrogens is 262 g/mol. The standard InChI is InChI=1S/C17H25N3O/c1-14(10-19-9-5-6-15(11-19)12-21-2)20-13-18-16-7-3-4-8-17(16)20/h3-4,7-8,13-15H,5-6,9-12H2,1-2H3/t14-,15-/m1/s1. The fourth-order valence-corrected chi connectivity index (χ4v) is 3.48. The number of piperidine rings is 1. The average Bonchev–Trinajstić information content (AvgIpc) is 2.92. The molecule has 0 N–H and O–H groups in total. The zero-order valence-electron chi connectivity index (χ0n) is 13.0. The highest BCUT2D eigenvalue weighted by Crippen LogP contribution is 2.21. The lowest BCUT2D eigenvalue weighted by molar-refractivity contribution is 0.0849. The Hall–Kier alpha value is -1.39. The first-order valence-electron chi connectivity index (χ1n) is 7.91. The number of benzene rings is 1. The second-order valence-electron chi connectivity index (χ2n) is 6.21. The molecule has 1 fully saturated rings. The summed E-state index contributed by atoms with van der Waals surface area (Å²) in [6.45, 7) is 6.62. The molecule has 3 rings (SSSR count). The Morgan fingerprint density at radius 2 is 2.24 bits per heavy atom. The molecule has 0 bridgehead atoms. The van der Waals surface area contributed by atoms with Crippen molar-refractivity contribution in [3.63, 3.8) is 0 Å². The minimum absolute atomic E-state index is 0.443. The molecule has 4 heteroatoms. The molecule has 1 aliphatic heterocycles. The summed E-state index contributed by atoms with van der Waals surface area (Å²) in [5.41, 5.74) is 2.32. The molecular formula is C17H25N3O. The molecule has 1 aliphatic rings. The van der Waals surface area contributed by atoms with Crippen molar-refractivity contribution in [2.75, 3.05) is 33.4 Å². The van der Waals surface area contributed by atoms with E-state index in [0.29, 0.717) is 12.0 Å². The van der Waals surface area contributed by atoms with Gasteiger partial charge in [-0.25, -0.2) is 4.98 Å². The molecule has 2 aromatic rings. The first-order valence-corrected chi connectivity index (χ1v) is 7.91. The third kappa shape index (κ3) is 3.27. The lowest BCUT2D eigenvalue weighted by Gasteiger charge is -2.34. The highest BCUT2D eigenvalue weighted by molar-refractivity contribution is 5.75. The van der Waals surface area contributed by atoms with Crippen LogP contribution in [-0.2, 0) is 4.74 Å². The number of likely N-dealkylation sites (tertiary alicyclic amines) is 1. The van der Waals surface area contributed by atoms with Crippen molar-refractivity contribution in [1.29, 1.82) is 0 Å². The predicted molar refractivity (Wildman–Crippen MR) is 85.5 cm³/mol. The first kappa shape index (κ1) is 14.5. The maximum atomic E-state index is 5.32. The summed E-state index contributed by atoms with van der Waals surface area (Å²) in [7, 11) is 1.80. The molecule has 21 heavy (non-hydrogen) atoms. The molecule has 2 atom stereocenters. The van der Waals surface area contributed by atoms with Gasteiger partial charge in [-0.1, -0.05) is 12.1 Å². The van der Waals surface area contributed by atoms with E-state index in [1.807, 2.05) is 12.4 Å². The van der Waals surface area contributed by atoms with Gasteiger partial charge in [0.1, 0.15) is 0 Å². The van der Waals surface area contributed by atoms with Gasteiger partial charge in [-0.05, 0) is 44.4 Å². The summed E-state index contributed by atoms with van der Waals surface area (Å²) >= 11 is 0. The van der Waals surface area contributed by atoms with Gasteiger partial charge in [0.2, 0.25) is 0 Å². The maximum Gasteiger partial charge on any atom is 0.0961 e. The highest BCUT2D eigenvalue weighted by Gasteiger charge is 2.21. The van der Waals surface area contributed by atoms with Crippen LogP contribution < -0.4 is 0 Å². The molecule has 1 aromatic heterocycles. The Bertz CT molecular complexity index is 578. The largest absolute Gasteiger partial charge is 0.384 e. The van der Waals surface area contributed by atoms with E-state index in [1.165, 1.54) is 24.9 Å². The van der Waals surface area contributed by atoms with E-state index in [4.69, 9.17) is 4.74 Å². The Kier molecular flexibility index (Phi) is 4.56. The minimum atomic E-state index is 0.443. The molecule has 4 nitrogen and oxygen atoms in total. The first-order chi connectivity index (χ1) is 10.3. The number of ether oxygens (including phenoxy) is 1. The number of hydrogen-bond donors (Lipinski definition) is 0. The zero-order chi connectivity index (χ0) is 14.7. The summed E-state index contributed by atoms with van der Waals surface area (Å²) in [6.07, 6.45) is 4.56. The Morgan fingerprint density at radius 3 is 3.10 bits per heavy atom. The van der Waals surface area contributed by atoms with Crippen LogP contribution in [0.5, 0.6) is 0 Å². The van der Waals surface area contributed by atoms with Crippen LogP contribution in [0, 0.1) is 5.92 Å². The van der Waals surface area contributed by atoms with E-state index in [0.717, 1.165) is 25.2 Å². The quantitative estimate of drug-likeness (QED) is 0.847. The van der Waals surface area contributed by atoms with Gasteiger partial charge in [0.05, 0.1) is 24.0 Å². The van der Waals surface area contributed by atoms with Gasteiger partial charge in [0.15, 0.2) is 0 Å². The van der Waals surface area contributed by atoms with Crippen LogP contribution in [0.15, 0.2) is 30.6 Å². The fourth-order valence-electron chi connectivity index (χ4n) is 3.48. The number of para-hydroxylation sites is 2. The monoisotopic (exact) mass is 287 g/mol. The Morgan fingerprint density at radius 1 is 1.38 bits per heavy atom. The van der Waals surface area contributed by atoms with Crippen molar-refractivity contribution in [2.24, 2.45) is 5.92 Å². The number of fused-ring (bicyclic) bond motifs is 1. The number of methoxy groups -OCH3 is 1. The Balaban J connectivity index is 1.67. The van der Waals surface area contributed by atoms with Crippen molar-refractivity contribution in [3.8, 4) is 0 Å². The molecule has 0 saturated carbocycles. The topological polar surface area (TPSA) is 30.3 Å². The number of aromatic nitrogens is 2. The second-order valence-corrected chi connectivity index (χ2v) is 6.21. The van der Waals surface area contributed by atoms with E-state index >= 15 is 0 Å². The van der Waals surface area contributed by atoms with Crippen LogP contribution in [0.25, 0.3) is 11.0 Å². The summed E-state index contributed by atoms with van der Waals surface area (Å²) in [5, 5.41) is 0. The Labute approximate surface area is 126 Å². The van der Waals surface area contributed by atoms with E-state index < -0.39 is 0 Å².